The third-order valence-corrected chi connectivity index (χ3v) is 4.03. The van der Waals surface area contributed by atoms with E-state index in [1.54, 1.807) is 14.2 Å². The van der Waals surface area contributed by atoms with Crippen LogP contribution in [0.1, 0.15) is 31.2 Å². The van der Waals surface area contributed by atoms with Crippen molar-refractivity contribution in [2.24, 2.45) is 0 Å². The normalized spacial score (nSPS) is 22.0. The van der Waals surface area contributed by atoms with E-state index >= 15 is 0 Å². The molecule has 0 heterocycles. The molecule has 0 bridgehead atoms. The Kier molecular flexibility index (Phi) is 6.33. The Hall–Kier alpha value is -1.26. The molecule has 0 aromatic heterocycles. The summed E-state index contributed by atoms with van der Waals surface area (Å²) >= 11 is 0. The van der Waals surface area contributed by atoms with Crippen LogP contribution in [0.4, 0.5) is 5.69 Å². The number of anilines is 1. The molecule has 2 atom stereocenters. The summed E-state index contributed by atoms with van der Waals surface area (Å²) in [5.74, 6) is 0.896. The molecule has 0 spiro atoms. The van der Waals surface area contributed by atoms with Gasteiger partial charge in [-0.05, 0) is 37.5 Å². The van der Waals surface area contributed by atoms with Gasteiger partial charge < -0.3 is 19.5 Å². The van der Waals surface area contributed by atoms with Gasteiger partial charge in [0.15, 0.2) is 0 Å². The lowest BCUT2D eigenvalue weighted by molar-refractivity contribution is 0.0605. The third-order valence-electron chi connectivity index (χ3n) is 4.03. The first kappa shape index (κ1) is 16.1. The molecule has 0 radical (unpaired) electrons. The standard InChI is InChI=1S/C17H27NO3/c1-13-8-9-15(17(12-13)21-11-10-19-2)18-14-6-4-5-7-16(14)20-3/h8-9,12,14,16,18H,4-7,10-11H2,1-3H3. The fourth-order valence-corrected chi connectivity index (χ4v) is 2.85. The molecule has 118 valence electrons. The number of benzene rings is 1. The Labute approximate surface area is 127 Å². The van der Waals surface area contributed by atoms with Gasteiger partial charge in [-0.25, -0.2) is 0 Å². The Morgan fingerprint density at radius 3 is 2.71 bits per heavy atom. The van der Waals surface area contributed by atoms with Crippen LogP contribution >= 0.6 is 0 Å². The number of aryl methyl sites for hydroxylation is 1. The van der Waals surface area contributed by atoms with Crippen molar-refractivity contribution in [2.45, 2.75) is 44.8 Å². The highest BCUT2D eigenvalue weighted by Gasteiger charge is 2.25. The van der Waals surface area contributed by atoms with Crippen LogP contribution in [0, 0.1) is 6.92 Å². The summed E-state index contributed by atoms with van der Waals surface area (Å²) < 4.78 is 16.5. The Morgan fingerprint density at radius 2 is 1.95 bits per heavy atom. The lowest BCUT2D eigenvalue weighted by Gasteiger charge is -2.32. The minimum Gasteiger partial charge on any atom is -0.489 e. The number of rotatable bonds is 7. The Morgan fingerprint density at radius 1 is 1.14 bits per heavy atom. The van der Waals surface area contributed by atoms with Gasteiger partial charge in [-0.2, -0.15) is 0 Å². The van der Waals surface area contributed by atoms with Crippen LogP contribution in [0.2, 0.25) is 0 Å². The maximum absolute atomic E-state index is 5.84. The van der Waals surface area contributed by atoms with Crippen molar-refractivity contribution in [3.8, 4) is 5.75 Å². The molecule has 21 heavy (non-hydrogen) atoms. The maximum atomic E-state index is 5.84. The van der Waals surface area contributed by atoms with Crippen LogP contribution in [0.25, 0.3) is 0 Å². The lowest BCUT2D eigenvalue weighted by atomic mass is 9.92. The monoisotopic (exact) mass is 293 g/mol. The number of hydrogen-bond acceptors (Lipinski definition) is 4. The van der Waals surface area contributed by atoms with Gasteiger partial charge in [0.05, 0.1) is 24.4 Å². The molecular weight excluding hydrogens is 266 g/mol. The first-order valence-corrected chi connectivity index (χ1v) is 7.76. The maximum Gasteiger partial charge on any atom is 0.142 e. The average Bonchev–Trinajstić information content (AvgIpc) is 2.50. The summed E-state index contributed by atoms with van der Waals surface area (Å²) in [7, 11) is 3.49. The molecule has 1 saturated carbocycles. The summed E-state index contributed by atoms with van der Waals surface area (Å²) in [4.78, 5) is 0. The van der Waals surface area contributed by atoms with Gasteiger partial charge in [-0.1, -0.05) is 18.9 Å². The van der Waals surface area contributed by atoms with Crippen molar-refractivity contribution in [1.82, 2.24) is 0 Å². The van der Waals surface area contributed by atoms with E-state index in [1.807, 2.05) is 0 Å². The van der Waals surface area contributed by atoms with Crippen molar-refractivity contribution in [3.05, 3.63) is 23.8 Å². The van der Waals surface area contributed by atoms with E-state index in [1.165, 1.54) is 18.4 Å². The topological polar surface area (TPSA) is 39.7 Å². The summed E-state index contributed by atoms with van der Waals surface area (Å²) in [6.45, 7) is 3.23. The van der Waals surface area contributed by atoms with Crippen molar-refractivity contribution in [2.75, 3.05) is 32.8 Å². The number of hydrogen-bond donors (Lipinski definition) is 1. The van der Waals surface area contributed by atoms with E-state index in [4.69, 9.17) is 14.2 Å². The van der Waals surface area contributed by atoms with Gasteiger partial charge in [0, 0.05) is 14.2 Å². The summed E-state index contributed by atoms with van der Waals surface area (Å²) in [6.07, 6.45) is 5.06. The fraction of sp³-hybridized carbons (Fsp3) is 0.647. The highest BCUT2D eigenvalue weighted by molar-refractivity contribution is 5.58. The van der Waals surface area contributed by atoms with Crippen LogP contribution in [-0.2, 0) is 9.47 Å². The molecule has 2 unspecified atom stereocenters. The highest BCUT2D eigenvalue weighted by atomic mass is 16.5. The van der Waals surface area contributed by atoms with Gasteiger partial charge >= 0.3 is 0 Å². The zero-order valence-corrected chi connectivity index (χ0v) is 13.4. The molecule has 4 nitrogen and oxygen atoms in total. The van der Waals surface area contributed by atoms with Gasteiger partial charge in [-0.3, -0.25) is 0 Å². The van der Waals surface area contributed by atoms with Crippen LogP contribution < -0.4 is 10.1 Å². The second kappa shape index (κ2) is 8.25. The van der Waals surface area contributed by atoms with Crippen molar-refractivity contribution in [3.63, 3.8) is 0 Å². The molecule has 1 aromatic carbocycles. The largest absolute Gasteiger partial charge is 0.489 e. The minimum atomic E-state index is 0.284. The van der Waals surface area contributed by atoms with E-state index in [2.05, 4.69) is 30.4 Å². The van der Waals surface area contributed by atoms with E-state index < -0.39 is 0 Å². The summed E-state index contributed by atoms with van der Waals surface area (Å²) in [6, 6.07) is 6.63. The molecule has 4 heteroatoms. The molecule has 1 N–H and O–H groups in total. The van der Waals surface area contributed by atoms with Crippen molar-refractivity contribution >= 4 is 5.69 Å². The van der Waals surface area contributed by atoms with E-state index in [0.717, 1.165) is 24.3 Å². The van der Waals surface area contributed by atoms with E-state index in [0.29, 0.717) is 19.3 Å². The third kappa shape index (κ3) is 4.61. The molecule has 0 saturated heterocycles. The van der Waals surface area contributed by atoms with Gasteiger partial charge in [0.1, 0.15) is 12.4 Å². The molecule has 1 aliphatic carbocycles. The highest BCUT2D eigenvalue weighted by Crippen LogP contribution is 2.30. The second-order valence-corrected chi connectivity index (χ2v) is 5.65. The predicted octanol–water partition coefficient (Wildman–Crippen LogP) is 3.39. The Bertz CT molecular complexity index is 436. The van der Waals surface area contributed by atoms with Gasteiger partial charge in [-0.15, -0.1) is 0 Å². The first-order valence-electron chi connectivity index (χ1n) is 7.76. The number of ether oxygens (including phenoxy) is 3. The number of methoxy groups -OCH3 is 2. The van der Waals surface area contributed by atoms with Gasteiger partial charge in [0.25, 0.3) is 0 Å². The summed E-state index contributed by atoms with van der Waals surface area (Å²) in [5, 5.41) is 3.61. The number of nitrogens with one attached hydrogen (secondary N) is 1. The smallest absolute Gasteiger partial charge is 0.142 e. The Balaban J connectivity index is 2.06. The van der Waals surface area contributed by atoms with Crippen LogP contribution in [-0.4, -0.2) is 39.6 Å². The molecule has 1 aromatic rings. The molecule has 2 rings (SSSR count). The summed E-state index contributed by atoms with van der Waals surface area (Å²) in [5.41, 5.74) is 2.24. The quantitative estimate of drug-likeness (QED) is 0.782. The van der Waals surface area contributed by atoms with Crippen LogP contribution in [0.5, 0.6) is 5.75 Å². The zero-order chi connectivity index (χ0) is 15.1. The fourth-order valence-electron chi connectivity index (χ4n) is 2.85. The predicted molar refractivity (Wildman–Crippen MR) is 85.2 cm³/mol. The molecule has 0 aliphatic heterocycles. The second-order valence-electron chi connectivity index (χ2n) is 5.65. The van der Waals surface area contributed by atoms with Crippen molar-refractivity contribution in [1.29, 1.82) is 0 Å². The molecular formula is C17H27NO3. The van der Waals surface area contributed by atoms with Crippen LogP contribution in [0.15, 0.2) is 18.2 Å². The van der Waals surface area contributed by atoms with Gasteiger partial charge in [0.2, 0.25) is 0 Å². The first-order chi connectivity index (χ1) is 10.2. The van der Waals surface area contributed by atoms with E-state index in [9.17, 15) is 0 Å². The lowest BCUT2D eigenvalue weighted by Crippen LogP contribution is -2.37. The van der Waals surface area contributed by atoms with Crippen LogP contribution in [0.3, 0.4) is 0 Å². The zero-order valence-electron chi connectivity index (χ0n) is 13.4. The van der Waals surface area contributed by atoms with E-state index in [-0.39, 0.29) is 6.10 Å². The molecule has 0 amide bonds. The SMILES string of the molecule is COCCOc1cc(C)ccc1NC1CCCCC1OC. The minimum absolute atomic E-state index is 0.284. The molecule has 1 fully saturated rings. The molecule has 1 aliphatic rings. The average molecular weight is 293 g/mol. The van der Waals surface area contributed by atoms with Crippen molar-refractivity contribution < 1.29 is 14.2 Å².